The summed E-state index contributed by atoms with van der Waals surface area (Å²) in [5.74, 6) is 0. The number of ether oxygens (including phenoxy) is 1. The van der Waals surface area contributed by atoms with E-state index in [1.54, 1.807) is 0 Å². The summed E-state index contributed by atoms with van der Waals surface area (Å²) in [6.07, 6.45) is 3.78. The van der Waals surface area contributed by atoms with Gasteiger partial charge in [0.1, 0.15) is 0 Å². The van der Waals surface area contributed by atoms with E-state index in [1.807, 2.05) is 0 Å². The highest BCUT2D eigenvalue weighted by molar-refractivity contribution is 5.15. The Morgan fingerprint density at radius 1 is 1.35 bits per heavy atom. The van der Waals surface area contributed by atoms with Crippen LogP contribution in [0.25, 0.3) is 0 Å². The van der Waals surface area contributed by atoms with E-state index < -0.39 is 0 Å². The highest BCUT2D eigenvalue weighted by Crippen LogP contribution is 2.15. The Kier molecular flexibility index (Phi) is 4.57. The third kappa shape index (κ3) is 3.55. The van der Waals surface area contributed by atoms with E-state index in [0.717, 1.165) is 25.9 Å². The lowest BCUT2D eigenvalue weighted by Gasteiger charge is -2.24. The van der Waals surface area contributed by atoms with Gasteiger partial charge in [0, 0.05) is 18.7 Å². The van der Waals surface area contributed by atoms with Crippen molar-refractivity contribution < 1.29 is 4.74 Å². The fourth-order valence-electron chi connectivity index (χ4n) is 2.47. The first-order valence-corrected chi connectivity index (χ1v) is 6.71. The van der Waals surface area contributed by atoms with Crippen LogP contribution < -0.4 is 5.32 Å². The Morgan fingerprint density at radius 2 is 2.12 bits per heavy atom. The summed E-state index contributed by atoms with van der Waals surface area (Å²) in [5, 5.41) is 3.74. The second-order valence-corrected chi connectivity index (χ2v) is 4.93. The highest BCUT2D eigenvalue weighted by atomic mass is 16.5. The molecule has 0 aliphatic carbocycles. The molecule has 1 aromatic carbocycles. The summed E-state index contributed by atoms with van der Waals surface area (Å²) in [5.41, 5.74) is 1.42. The standard InChI is InChI=1S/C15H23NO/c1-3-14(11-13-7-5-4-6-8-13)16-15-9-10-17-12(15)2/h4-8,12,14-16H,3,9-11H2,1-2H3. The molecule has 1 aliphatic rings. The molecule has 1 aliphatic heterocycles. The van der Waals surface area contributed by atoms with Crippen molar-refractivity contribution in [3.05, 3.63) is 35.9 Å². The molecule has 94 valence electrons. The minimum absolute atomic E-state index is 0.361. The zero-order valence-corrected chi connectivity index (χ0v) is 10.9. The summed E-state index contributed by atoms with van der Waals surface area (Å²) in [4.78, 5) is 0. The number of rotatable bonds is 5. The largest absolute Gasteiger partial charge is 0.377 e. The van der Waals surface area contributed by atoms with Gasteiger partial charge in [-0.05, 0) is 31.7 Å². The van der Waals surface area contributed by atoms with Crippen LogP contribution in [0.15, 0.2) is 30.3 Å². The third-order valence-electron chi connectivity index (χ3n) is 3.64. The average molecular weight is 233 g/mol. The average Bonchev–Trinajstić information content (AvgIpc) is 2.75. The van der Waals surface area contributed by atoms with Gasteiger partial charge >= 0.3 is 0 Å². The molecule has 0 spiro atoms. The van der Waals surface area contributed by atoms with Gasteiger partial charge in [-0.1, -0.05) is 37.3 Å². The van der Waals surface area contributed by atoms with Crippen LogP contribution in [-0.4, -0.2) is 24.8 Å². The molecule has 1 aromatic rings. The number of hydrogen-bond acceptors (Lipinski definition) is 2. The second kappa shape index (κ2) is 6.18. The molecule has 1 saturated heterocycles. The molecule has 1 N–H and O–H groups in total. The van der Waals surface area contributed by atoms with E-state index in [2.05, 4.69) is 49.5 Å². The highest BCUT2D eigenvalue weighted by Gasteiger charge is 2.25. The molecule has 0 radical (unpaired) electrons. The summed E-state index contributed by atoms with van der Waals surface area (Å²) >= 11 is 0. The van der Waals surface area contributed by atoms with Gasteiger partial charge in [0.25, 0.3) is 0 Å². The minimum atomic E-state index is 0.361. The smallest absolute Gasteiger partial charge is 0.0700 e. The fourth-order valence-corrected chi connectivity index (χ4v) is 2.47. The van der Waals surface area contributed by atoms with Crippen molar-refractivity contribution in [1.82, 2.24) is 5.32 Å². The van der Waals surface area contributed by atoms with Gasteiger partial charge in [-0.3, -0.25) is 0 Å². The molecule has 0 saturated carbocycles. The molecular formula is C15H23NO. The van der Waals surface area contributed by atoms with Crippen LogP contribution >= 0.6 is 0 Å². The van der Waals surface area contributed by atoms with E-state index >= 15 is 0 Å². The monoisotopic (exact) mass is 233 g/mol. The van der Waals surface area contributed by atoms with Crippen LogP contribution in [0.5, 0.6) is 0 Å². The van der Waals surface area contributed by atoms with Crippen molar-refractivity contribution in [3.8, 4) is 0 Å². The predicted octanol–water partition coefficient (Wildman–Crippen LogP) is 2.77. The van der Waals surface area contributed by atoms with Crippen LogP contribution in [0.1, 0.15) is 32.3 Å². The molecule has 2 heteroatoms. The van der Waals surface area contributed by atoms with Crippen molar-refractivity contribution in [2.75, 3.05) is 6.61 Å². The van der Waals surface area contributed by atoms with Gasteiger partial charge in [0.15, 0.2) is 0 Å². The zero-order chi connectivity index (χ0) is 12.1. The van der Waals surface area contributed by atoms with Crippen molar-refractivity contribution in [2.45, 2.75) is 51.3 Å². The maximum absolute atomic E-state index is 5.60. The molecule has 17 heavy (non-hydrogen) atoms. The Hall–Kier alpha value is -0.860. The van der Waals surface area contributed by atoms with Gasteiger partial charge in [0.2, 0.25) is 0 Å². The molecule has 1 heterocycles. The van der Waals surface area contributed by atoms with E-state index in [-0.39, 0.29) is 0 Å². The molecule has 0 aromatic heterocycles. The van der Waals surface area contributed by atoms with E-state index in [9.17, 15) is 0 Å². The van der Waals surface area contributed by atoms with Crippen molar-refractivity contribution in [2.24, 2.45) is 0 Å². The Balaban J connectivity index is 1.88. The number of hydrogen-bond donors (Lipinski definition) is 1. The van der Waals surface area contributed by atoms with Gasteiger partial charge in [-0.25, -0.2) is 0 Å². The summed E-state index contributed by atoms with van der Waals surface area (Å²) < 4.78 is 5.60. The molecule has 2 nitrogen and oxygen atoms in total. The van der Waals surface area contributed by atoms with Crippen LogP contribution in [0.3, 0.4) is 0 Å². The van der Waals surface area contributed by atoms with Crippen LogP contribution in [0.2, 0.25) is 0 Å². The van der Waals surface area contributed by atoms with Gasteiger partial charge in [-0.15, -0.1) is 0 Å². The van der Waals surface area contributed by atoms with Crippen LogP contribution in [0.4, 0.5) is 0 Å². The van der Waals surface area contributed by atoms with E-state index in [1.165, 1.54) is 5.56 Å². The number of benzene rings is 1. The van der Waals surface area contributed by atoms with E-state index in [0.29, 0.717) is 18.2 Å². The molecule has 3 atom stereocenters. The normalized spacial score (nSPS) is 26.0. The SMILES string of the molecule is CCC(Cc1ccccc1)NC1CCOC1C. The molecule has 2 rings (SSSR count). The summed E-state index contributed by atoms with van der Waals surface area (Å²) in [7, 11) is 0. The summed E-state index contributed by atoms with van der Waals surface area (Å²) in [6, 6.07) is 11.8. The predicted molar refractivity (Wildman–Crippen MR) is 71.2 cm³/mol. The molecular weight excluding hydrogens is 210 g/mol. The molecule has 0 bridgehead atoms. The molecule has 0 amide bonds. The van der Waals surface area contributed by atoms with E-state index in [4.69, 9.17) is 4.74 Å². The van der Waals surface area contributed by atoms with Crippen molar-refractivity contribution in [1.29, 1.82) is 0 Å². The summed E-state index contributed by atoms with van der Waals surface area (Å²) in [6.45, 7) is 5.32. The topological polar surface area (TPSA) is 21.3 Å². The lowest BCUT2D eigenvalue weighted by atomic mass is 10.0. The quantitative estimate of drug-likeness (QED) is 0.844. The first-order chi connectivity index (χ1) is 8.29. The minimum Gasteiger partial charge on any atom is -0.377 e. The Morgan fingerprint density at radius 3 is 2.71 bits per heavy atom. The lowest BCUT2D eigenvalue weighted by molar-refractivity contribution is 0.110. The third-order valence-corrected chi connectivity index (χ3v) is 3.64. The first-order valence-electron chi connectivity index (χ1n) is 6.71. The van der Waals surface area contributed by atoms with Gasteiger partial charge in [0.05, 0.1) is 6.10 Å². The first kappa shape index (κ1) is 12.6. The second-order valence-electron chi connectivity index (χ2n) is 4.93. The fraction of sp³-hybridized carbons (Fsp3) is 0.600. The molecule has 3 unspecified atom stereocenters. The van der Waals surface area contributed by atoms with Crippen LogP contribution in [0, 0.1) is 0 Å². The Bertz CT molecular complexity index is 325. The number of nitrogens with one attached hydrogen (secondary N) is 1. The maximum Gasteiger partial charge on any atom is 0.0700 e. The van der Waals surface area contributed by atoms with Gasteiger partial charge in [-0.2, -0.15) is 0 Å². The Labute approximate surface area is 104 Å². The van der Waals surface area contributed by atoms with Crippen molar-refractivity contribution in [3.63, 3.8) is 0 Å². The lowest BCUT2D eigenvalue weighted by Crippen LogP contribution is -2.42. The maximum atomic E-state index is 5.60. The van der Waals surface area contributed by atoms with Crippen LogP contribution in [-0.2, 0) is 11.2 Å². The molecule has 1 fully saturated rings. The van der Waals surface area contributed by atoms with Gasteiger partial charge < -0.3 is 10.1 Å². The van der Waals surface area contributed by atoms with Crippen molar-refractivity contribution >= 4 is 0 Å². The zero-order valence-electron chi connectivity index (χ0n) is 10.9.